The summed E-state index contributed by atoms with van der Waals surface area (Å²) in [6.07, 6.45) is 0. The van der Waals surface area contributed by atoms with E-state index in [-0.39, 0.29) is 0 Å². The van der Waals surface area contributed by atoms with Crippen LogP contribution >= 0.6 is 0 Å². The van der Waals surface area contributed by atoms with Gasteiger partial charge in [0.05, 0.1) is 5.82 Å². The van der Waals surface area contributed by atoms with Gasteiger partial charge in [-0.3, -0.25) is 0 Å². The summed E-state index contributed by atoms with van der Waals surface area (Å²) in [5.41, 5.74) is 0.499. The molecule has 15 heavy (non-hydrogen) atoms. The molecule has 1 rings (SSSR count). The molecule has 0 unspecified atom stereocenters. The quantitative estimate of drug-likeness (QED) is 0.704. The third-order valence-corrected chi connectivity index (χ3v) is 4.15. The SMILES string of the molecule is C=C(N(C)C)N1CC(C(C)C)(C(C)C)C1. The van der Waals surface area contributed by atoms with Gasteiger partial charge in [-0.25, -0.2) is 0 Å². The summed E-state index contributed by atoms with van der Waals surface area (Å²) < 4.78 is 0. The van der Waals surface area contributed by atoms with Crippen LogP contribution in [0.2, 0.25) is 0 Å². The molecule has 0 atom stereocenters. The molecule has 2 heteroatoms. The number of hydrogen-bond acceptors (Lipinski definition) is 2. The van der Waals surface area contributed by atoms with Gasteiger partial charge in [0, 0.05) is 32.6 Å². The maximum Gasteiger partial charge on any atom is 0.0960 e. The number of nitrogens with zero attached hydrogens (tertiary/aromatic N) is 2. The highest BCUT2D eigenvalue weighted by atomic mass is 15.3. The average molecular weight is 210 g/mol. The van der Waals surface area contributed by atoms with Gasteiger partial charge in [-0.1, -0.05) is 34.3 Å². The number of hydrogen-bond donors (Lipinski definition) is 0. The van der Waals surface area contributed by atoms with Crippen molar-refractivity contribution < 1.29 is 0 Å². The van der Waals surface area contributed by atoms with E-state index in [4.69, 9.17) is 0 Å². The molecule has 0 spiro atoms. The van der Waals surface area contributed by atoms with E-state index in [9.17, 15) is 0 Å². The molecule has 1 aliphatic heterocycles. The minimum absolute atomic E-state index is 0.499. The van der Waals surface area contributed by atoms with Gasteiger partial charge in [0.25, 0.3) is 0 Å². The zero-order chi connectivity index (χ0) is 11.8. The fourth-order valence-corrected chi connectivity index (χ4v) is 2.53. The molecular weight excluding hydrogens is 184 g/mol. The topological polar surface area (TPSA) is 6.48 Å². The van der Waals surface area contributed by atoms with Crippen LogP contribution < -0.4 is 0 Å². The van der Waals surface area contributed by atoms with Gasteiger partial charge < -0.3 is 9.80 Å². The monoisotopic (exact) mass is 210 g/mol. The standard InChI is InChI=1S/C13H26N2/c1-10(2)13(11(3)4)8-15(9-13)12(5)14(6)7/h10-11H,5,8-9H2,1-4,6-7H3. The number of rotatable bonds is 4. The molecule has 1 fully saturated rings. The van der Waals surface area contributed by atoms with Crippen LogP contribution in [0.15, 0.2) is 12.4 Å². The summed E-state index contributed by atoms with van der Waals surface area (Å²) in [7, 11) is 4.13. The van der Waals surface area contributed by atoms with Crippen molar-refractivity contribution in [3.05, 3.63) is 12.4 Å². The number of likely N-dealkylation sites (tertiary alicyclic amines) is 1. The second-order valence-electron chi connectivity index (χ2n) is 5.71. The highest BCUT2D eigenvalue weighted by Gasteiger charge is 2.48. The highest BCUT2D eigenvalue weighted by Crippen LogP contribution is 2.45. The van der Waals surface area contributed by atoms with Gasteiger partial charge in [-0.15, -0.1) is 0 Å². The Morgan fingerprint density at radius 2 is 1.53 bits per heavy atom. The lowest BCUT2D eigenvalue weighted by Gasteiger charge is -2.57. The summed E-state index contributed by atoms with van der Waals surface area (Å²) in [5.74, 6) is 2.65. The van der Waals surface area contributed by atoms with E-state index in [1.807, 2.05) is 0 Å². The second kappa shape index (κ2) is 4.07. The Hall–Kier alpha value is -0.660. The van der Waals surface area contributed by atoms with Crippen LogP contribution in [0.4, 0.5) is 0 Å². The smallest absolute Gasteiger partial charge is 0.0960 e. The van der Waals surface area contributed by atoms with Gasteiger partial charge in [0.1, 0.15) is 0 Å². The molecule has 1 aliphatic rings. The Kier molecular flexibility index (Phi) is 3.37. The zero-order valence-electron chi connectivity index (χ0n) is 11.2. The van der Waals surface area contributed by atoms with Crippen molar-refractivity contribution >= 4 is 0 Å². The molecule has 88 valence electrons. The molecule has 0 aromatic rings. The predicted octanol–water partition coefficient (Wildman–Crippen LogP) is 2.63. The maximum absolute atomic E-state index is 4.11. The third-order valence-electron chi connectivity index (χ3n) is 4.15. The van der Waals surface area contributed by atoms with Crippen LogP contribution in [0, 0.1) is 17.3 Å². The minimum atomic E-state index is 0.499. The minimum Gasteiger partial charge on any atom is -0.365 e. The lowest BCUT2D eigenvalue weighted by molar-refractivity contribution is -0.0627. The molecule has 1 saturated heterocycles. The molecule has 2 nitrogen and oxygen atoms in total. The van der Waals surface area contributed by atoms with Crippen LogP contribution in [-0.2, 0) is 0 Å². The van der Waals surface area contributed by atoms with E-state index >= 15 is 0 Å². The third kappa shape index (κ3) is 1.99. The zero-order valence-corrected chi connectivity index (χ0v) is 11.2. The Labute approximate surface area is 94.9 Å². The van der Waals surface area contributed by atoms with Gasteiger partial charge in [0.2, 0.25) is 0 Å². The maximum atomic E-state index is 4.11. The summed E-state index contributed by atoms with van der Waals surface area (Å²) in [4.78, 5) is 4.49. The van der Waals surface area contributed by atoms with Crippen molar-refractivity contribution in [2.75, 3.05) is 27.2 Å². The van der Waals surface area contributed by atoms with Crippen LogP contribution in [0.3, 0.4) is 0 Å². The normalized spacial score (nSPS) is 19.3. The second-order valence-corrected chi connectivity index (χ2v) is 5.71. The molecular formula is C13H26N2. The van der Waals surface area contributed by atoms with Crippen LogP contribution in [0.1, 0.15) is 27.7 Å². The van der Waals surface area contributed by atoms with Gasteiger partial charge >= 0.3 is 0 Å². The van der Waals surface area contributed by atoms with E-state index in [1.165, 1.54) is 13.1 Å². The van der Waals surface area contributed by atoms with Crippen molar-refractivity contribution in [1.82, 2.24) is 9.80 Å². The van der Waals surface area contributed by atoms with Gasteiger partial charge in [-0.05, 0) is 11.8 Å². The molecule has 0 saturated carbocycles. The Bertz CT molecular complexity index is 225. The molecule has 0 aromatic carbocycles. The highest BCUT2D eigenvalue weighted by molar-refractivity contribution is 5.07. The van der Waals surface area contributed by atoms with E-state index in [2.05, 4.69) is 58.2 Å². The van der Waals surface area contributed by atoms with Crippen molar-refractivity contribution in [2.45, 2.75) is 27.7 Å². The molecule has 1 heterocycles. The molecule has 0 bridgehead atoms. The Morgan fingerprint density at radius 3 is 1.80 bits per heavy atom. The van der Waals surface area contributed by atoms with E-state index in [0.29, 0.717) is 5.41 Å². The molecule has 0 radical (unpaired) electrons. The predicted molar refractivity (Wildman–Crippen MR) is 66.5 cm³/mol. The molecule has 0 aromatic heterocycles. The van der Waals surface area contributed by atoms with E-state index in [0.717, 1.165) is 17.7 Å². The van der Waals surface area contributed by atoms with E-state index < -0.39 is 0 Å². The lowest BCUT2D eigenvalue weighted by Crippen LogP contribution is -2.61. The van der Waals surface area contributed by atoms with Crippen LogP contribution in [0.5, 0.6) is 0 Å². The molecule has 0 aliphatic carbocycles. The summed E-state index contributed by atoms with van der Waals surface area (Å²) in [6.45, 7) is 15.8. The first kappa shape index (κ1) is 12.4. The fourth-order valence-electron chi connectivity index (χ4n) is 2.53. The van der Waals surface area contributed by atoms with Crippen LogP contribution in [0.25, 0.3) is 0 Å². The van der Waals surface area contributed by atoms with Crippen molar-refractivity contribution in [2.24, 2.45) is 17.3 Å². The first-order valence-corrected chi connectivity index (χ1v) is 5.92. The van der Waals surface area contributed by atoms with Crippen molar-refractivity contribution in [3.63, 3.8) is 0 Å². The molecule has 0 N–H and O–H groups in total. The van der Waals surface area contributed by atoms with Crippen molar-refractivity contribution in [3.8, 4) is 0 Å². The van der Waals surface area contributed by atoms with Gasteiger partial charge in [-0.2, -0.15) is 0 Å². The first-order valence-electron chi connectivity index (χ1n) is 5.92. The van der Waals surface area contributed by atoms with Gasteiger partial charge in [0.15, 0.2) is 0 Å². The average Bonchev–Trinajstić information content (AvgIpc) is 1.99. The lowest BCUT2D eigenvalue weighted by atomic mass is 9.63. The van der Waals surface area contributed by atoms with Crippen LogP contribution in [-0.4, -0.2) is 37.0 Å². The van der Waals surface area contributed by atoms with Crippen molar-refractivity contribution in [1.29, 1.82) is 0 Å². The molecule has 0 amide bonds. The largest absolute Gasteiger partial charge is 0.365 e. The summed E-state index contributed by atoms with van der Waals surface area (Å²) >= 11 is 0. The summed E-state index contributed by atoms with van der Waals surface area (Å²) in [6, 6.07) is 0. The Balaban J connectivity index is 2.63. The van der Waals surface area contributed by atoms with E-state index in [1.54, 1.807) is 0 Å². The summed E-state index contributed by atoms with van der Waals surface area (Å²) in [5, 5.41) is 0. The Morgan fingerprint density at radius 1 is 1.13 bits per heavy atom. The first-order chi connectivity index (χ1) is 6.81. The fraction of sp³-hybridized carbons (Fsp3) is 0.846.